The fourth-order valence-corrected chi connectivity index (χ4v) is 4.58. The molecule has 0 spiro atoms. The quantitative estimate of drug-likeness (QED) is 0.278. The van der Waals surface area contributed by atoms with Gasteiger partial charge in [0.05, 0.1) is 19.8 Å². The highest BCUT2D eigenvalue weighted by Crippen LogP contribution is 2.49. The number of ether oxygens (including phenoxy) is 5. The highest BCUT2D eigenvalue weighted by atomic mass is 16.6. The van der Waals surface area contributed by atoms with E-state index in [1.54, 1.807) is 32.4 Å². The lowest BCUT2D eigenvalue weighted by Crippen LogP contribution is -2.29. The maximum atomic E-state index is 12.3. The average molecular weight is 455 g/mol. The van der Waals surface area contributed by atoms with Crippen LogP contribution >= 0.6 is 0 Å². The van der Waals surface area contributed by atoms with E-state index in [4.69, 9.17) is 23.7 Å². The van der Waals surface area contributed by atoms with Gasteiger partial charge in [-0.3, -0.25) is 0 Å². The van der Waals surface area contributed by atoms with Crippen molar-refractivity contribution in [2.24, 2.45) is 5.92 Å². The van der Waals surface area contributed by atoms with Gasteiger partial charge in [0.15, 0.2) is 0 Å². The van der Waals surface area contributed by atoms with Crippen molar-refractivity contribution in [2.75, 3.05) is 20.8 Å². The molecule has 0 radical (unpaired) electrons. The Bertz CT molecular complexity index is 1010. The second-order valence-corrected chi connectivity index (χ2v) is 8.84. The Morgan fingerprint density at radius 3 is 2.88 bits per heavy atom. The summed E-state index contributed by atoms with van der Waals surface area (Å²) in [6.45, 7) is 6.19. The molecule has 2 saturated heterocycles. The van der Waals surface area contributed by atoms with Crippen molar-refractivity contribution in [1.82, 2.24) is 0 Å². The van der Waals surface area contributed by atoms with Gasteiger partial charge in [-0.15, -0.1) is 0 Å². The van der Waals surface area contributed by atoms with Gasteiger partial charge >= 0.3 is 11.9 Å². The summed E-state index contributed by atoms with van der Waals surface area (Å²) in [5.74, 6) is 0.420. The first-order valence-corrected chi connectivity index (χ1v) is 11.2. The highest BCUT2D eigenvalue weighted by Gasteiger charge is 2.61. The first kappa shape index (κ1) is 23.1. The minimum atomic E-state index is -0.440. The lowest BCUT2D eigenvalue weighted by molar-refractivity contribution is -0.140. The largest absolute Gasteiger partial charge is 0.497 e. The Hall–Kier alpha value is -3.06. The molecule has 2 fully saturated rings. The third-order valence-corrected chi connectivity index (χ3v) is 6.68. The zero-order valence-electron chi connectivity index (χ0n) is 19.3. The van der Waals surface area contributed by atoms with Gasteiger partial charge in [0.25, 0.3) is 0 Å². The predicted molar refractivity (Wildman–Crippen MR) is 122 cm³/mol. The van der Waals surface area contributed by atoms with Crippen LogP contribution in [0.25, 0.3) is 6.08 Å². The van der Waals surface area contributed by atoms with E-state index in [0.29, 0.717) is 29.9 Å². The second-order valence-electron chi connectivity index (χ2n) is 8.84. The van der Waals surface area contributed by atoms with Crippen molar-refractivity contribution >= 4 is 18.0 Å². The average Bonchev–Trinajstić information content (AvgIpc) is 3.41. The summed E-state index contributed by atoms with van der Waals surface area (Å²) in [4.78, 5) is 24.4. The number of carbonyl (C=O) groups excluding carboxylic acids is 2. The van der Waals surface area contributed by atoms with Crippen LogP contribution in [0.5, 0.6) is 11.5 Å². The minimum Gasteiger partial charge on any atom is -0.497 e. The Morgan fingerprint density at radius 1 is 1.30 bits per heavy atom. The van der Waals surface area contributed by atoms with E-state index < -0.39 is 5.97 Å². The van der Waals surface area contributed by atoms with Gasteiger partial charge < -0.3 is 23.7 Å². The molecule has 0 unspecified atom stereocenters. The van der Waals surface area contributed by atoms with E-state index in [0.717, 1.165) is 24.0 Å². The molecule has 7 nitrogen and oxygen atoms in total. The Morgan fingerprint density at radius 2 is 2.12 bits per heavy atom. The molecular formula is C26H30O7. The number of carbonyl (C=O) groups is 2. The maximum absolute atomic E-state index is 12.3. The lowest BCUT2D eigenvalue weighted by Gasteiger charge is -2.20. The summed E-state index contributed by atoms with van der Waals surface area (Å²) in [5.41, 5.74) is 1.98. The van der Waals surface area contributed by atoms with Gasteiger partial charge in [0.1, 0.15) is 30.3 Å². The van der Waals surface area contributed by atoms with E-state index in [9.17, 15) is 9.59 Å². The van der Waals surface area contributed by atoms with Crippen LogP contribution in [0.3, 0.4) is 0 Å². The molecule has 0 N–H and O–H groups in total. The van der Waals surface area contributed by atoms with E-state index in [-0.39, 0.29) is 36.3 Å². The molecule has 0 bridgehead atoms. The summed E-state index contributed by atoms with van der Waals surface area (Å²) in [6.07, 6.45) is 7.84. The van der Waals surface area contributed by atoms with Crippen molar-refractivity contribution < 1.29 is 33.3 Å². The van der Waals surface area contributed by atoms with Crippen LogP contribution in [0, 0.1) is 5.92 Å². The van der Waals surface area contributed by atoms with Crippen molar-refractivity contribution in [3.8, 4) is 11.5 Å². The molecule has 7 heteroatoms. The van der Waals surface area contributed by atoms with Gasteiger partial charge in [-0.05, 0) is 56.4 Å². The molecule has 1 aliphatic carbocycles. The Labute approximate surface area is 194 Å². The lowest BCUT2D eigenvalue weighted by atomic mass is 9.84. The number of epoxide rings is 1. The van der Waals surface area contributed by atoms with Crippen molar-refractivity contribution in [3.63, 3.8) is 0 Å². The van der Waals surface area contributed by atoms with Crippen LogP contribution in [-0.2, 0) is 23.8 Å². The molecule has 3 aliphatic rings. The molecule has 2 heterocycles. The minimum absolute atomic E-state index is 0.0708. The Kier molecular flexibility index (Phi) is 6.61. The fraction of sp³-hybridized carbons (Fsp3) is 0.462. The number of hydrogen-bond donors (Lipinski definition) is 0. The molecule has 1 aromatic carbocycles. The van der Waals surface area contributed by atoms with Crippen LogP contribution in [-0.4, -0.2) is 50.6 Å². The second kappa shape index (κ2) is 9.43. The number of esters is 2. The van der Waals surface area contributed by atoms with Gasteiger partial charge in [-0.25, -0.2) is 9.59 Å². The zero-order valence-corrected chi connectivity index (χ0v) is 19.3. The number of benzene rings is 1. The molecule has 2 aliphatic heterocycles. The standard InChI is InChI=1S/C26H30O7/c1-16-20-11-7-17(6-5-13-26(2)24(33-26)23(20)32-25(16)28)15-31-22(27)12-9-18-8-10-19(29-3)14-21(18)30-4/h6,8-10,12,14,20,23-24H,1,5,7,11,13,15H2,2-4H3/b12-9+,17-6+/t20-,23-,24-,26+/m0/s1. The van der Waals surface area contributed by atoms with E-state index in [1.807, 2.05) is 6.07 Å². The molecule has 1 aromatic rings. The summed E-state index contributed by atoms with van der Waals surface area (Å²) in [7, 11) is 3.15. The molecular weight excluding hydrogens is 424 g/mol. The molecule has 4 rings (SSSR count). The third-order valence-electron chi connectivity index (χ3n) is 6.68. The van der Waals surface area contributed by atoms with Crippen molar-refractivity contribution in [1.29, 1.82) is 0 Å². The van der Waals surface area contributed by atoms with Crippen molar-refractivity contribution in [2.45, 2.75) is 50.4 Å². The number of hydrogen-bond acceptors (Lipinski definition) is 7. The SMILES string of the molecule is C=C1C(=O)O[C@H]2[C@H]1CC/C(COC(=O)/C=C/c1ccc(OC)cc1OC)=C\CC[C@@]1(C)O[C@@H]21. The van der Waals surface area contributed by atoms with Gasteiger partial charge in [0.2, 0.25) is 0 Å². The van der Waals surface area contributed by atoms with Crippen LogP contribution in [0.15, 0.2) is 48.1 Å². The molecule has 0 amide bonds. The maximum Gasteiger partial charge on any atom is 0.334 e. The summed E-state index contributed by atoms with van der Waals surface area (Å²) in [5, 5.41) is 0. The Balaban J connectivity index is 1.38. The number of rotatable bonds is 6. The van der Waals surface area contributed by atoms with Crippen molar-refractivity contribution in [3.05, 3.63) is 53.6 Å². The molecule has 176 valence electrons. The van der Waals surface area contributed by atoms with Gasteiger partial charge in [-0.1, -0.05) is 12.7 Å². The molecule has 0 saturated carbocycles. The van der Waals surface area contributed by atoms with E-state index >= 15 is 0 Å². The first-order chi connectivity index (χ1) is 15.8. The molecule has 33 heavy (non-hydrogen) atoms. The summed E-state index contributed by atoms with van der Waals surface area (Å²) >= 11 is 0. The van der Waals surface area contributed by atoms with Crippen LogP contribution in [0.2, 0.25) is 0 Å². The summed E-state index contributed by atoms with van der Waals surface area (Å²) < 4.78 is 27.5. The number of methoxy groups -OCH3 is 2. The molecule has 4 atom stereocenters. The molecule has 0 aromatic heterocycles. The monoisotopic (exact) mass is 454 g/mol. The topological polar surface area (TPSA) is 83.6 Å². The smallest absolute Gasteiger partial charge is 0.334 e. The van der Waals surface area contributed by atoms with Crippen LogP contribution in [0.4, 0.5) is 0 Å². The normalized spacial score (nSPS) is 30.5. The van der Waals surface area contributed by atoms with Crippen LogP contribution < -0.4 is 9.47 Å². The van der Waals surface area contributed by atoms with E-state index in [1.165, 1.54) is 6.08 Å². The number of fused-ring (bicyclic) bond motifs is 3. The highest BCUT2D eigenvalue weighted by molar-refractivity contribution is 5.91. The fourth-order valence-electron chi connectivity index (χ4n) is 4.58. The van der Waals surface area contributed by atoms with Gasteiger partial charge in [0, 0.05) is 29.2 Å². The predicted octanol–water partition coefficient (Wildman–Crippen LogP) is 4.02. The van der Waals surface area contributed by atoms with Crippen LogP contribution in [0.1, 0.15) is 38.2 Å². The summed E-state index contributed by atoms with van der Waals surface area (Å²) in [6, 6.07) is 5.36. The van der Waals surface area contributed by atoms with Gasteiger partial charge in [-0.2, -0.15) is 0 Å². The van der Waals surface area contributed by atoms with E-state index in [2.05, 4.69) is 19.6 Å². The zero-order chi connectivity index (χ0) is 23.6. The number of allylic oxidation sites excluding steroid dienone is 1. The third kappa shape index (κ3) is 4.98. The first-order valence-electron chi connectivity index (χ1n) is 11.2.